The molecule has 0 bridgehead atoms. The van der Waals surface area contributed by atoms with E-state index in [4.69, 9.17) is 23.2 Å². The predicted octanol–water partition coefficient (Wildman–Crippen LogP) is 6.41. The Morgan fingerprint density at radius 2 is 1.60 bits per heavy atom. The molecule has 0 aliphatic heterocycles. The average Bonchev–Trinajstić information content (AvgIpc) is 2.99. The van der Waals surface area contributed by atoms with Crippen LogP contribution < -0.4 is 9.62 Å². The molecule has 1 fully saturated rings. The second-order valence-corrected chi connectivity index (χ2v) is 13.8. The fourth-order valence-corrected chi connectivity index (χ4v) is 6.76. The molecule has 2 amide bonds. The van der Waals surface area contributed by atoms with Gasteiger partial charge < -0.3 is 10.2 Å². The monoisotopic (exact) mass is 643 g/mol. The molecular weight excluding hydrogens is 605 g/mol. The van der Waals surface area contributed by atoms with Crippen LogP contribution in [0, 0.1) is 0 Å². The Labute approximate surface area is 265 Å². The first-order valence-corrected chi connectivity index (χ1v) is 17.3. The number of carbonyl (C=O) groups is 2. The number of anilines is 1. The van der Waals surface area contributed by atoms with Gasteiger partial charge in [0.2, 0.25) is 21.8 Å². The van der Waals surface area contributed by atoms with Crippen molar-refractivity contribution in [3.05, 3.63) is 99.5 Å². The highest BCUT2D eigenvalue weighted by molar-refractivity contribution is 7.92. The maximum absolute atomic E-state index is 14.3. The van der Waals surface area contributed by atoms with Crippen molar-refractivity contribution in [2.24, 2.45) is 0 Å². The first-order valence-electron chi connectivity index (χ1n) is 14.7. The van der Waals surface area contributed by atoms with Crippen LogP contribution in [0.25, 0.3) is 0 Å². The van der Waals surface area contributed by atoms with Crippen LogP contribution in [0.4, 0.5) is 5.69 Å². The van der Waals surface area contributed by atoms with Crippen molar-refractivity contribution in [3.63, 3.8) is 0 Å². The number of nitrogens with zero attached hydrogens (tertiary/aromatic N) is 2. The Bertz CT molecular complexity index is 1490. The molecule has 0 aromatic heterocycles. The molecule has 10 heteroatoms. The van der Waals surface area contributed by atoms with Crippen molar-refractivity contribution in [3.8, 4) is 0 Å². The molecule has 0 radical (unpaired) electrons. The van der Waals surface area contributed by atoms with E-state index in [2.05, 4.69) is 5.32 Å². The van der Waals surface area contributed by atoms with Crippen molar-refractivity contribution in [1.29, 1.82) is 0 Å². The van der Waals surface area contributed by atoms with E-state index >= 15 is 0 Å². The topological polar surface area (TPSA) is 86.8 Å². The fraction of sp³-hybridized carbons (Fsp3) is 0.394. The average molecular weight is 645 g/mol. The molecule has 0 saturated heterocycles. The minimum atomic E-state index is -3.84. The molecule has 0 spiro atoms. The Hall–Kier alpha value is -3.07. The van der Waals surface area contributed by atoms with E-state index in [9.17, 15) is 18.0 Å². The zero-order valence-corrected chi connectivity index (χ0v) is 27.0. The third kappa shape index (κ3) is 9.21. The highest BCUT2D eigenvalue weighted by Crippen LogP contribution is 2.26. The van der Waals surface area contributed by atoms with E-state index in [1.807, 2.05) is 49.4 Å². The molecule has 1 atom stereocenters. The third-order valence-electron chi connectivity index (χ3n) is 7.89. The van der Waals surface area contributed by atoms with Gasteiger partial charge in [0, 0.05) is 29.1 Å². The predicted molar refractivity (Wildman–Crippen MR) is 174 cm³/mol. The minimum absolute atomic E-state index is 0.00318. The summed E-state index contributed by atoms with van der Waals surface area (Å²) in [6, 6.07) is 20.7. The maximum atomic E-state index is 14.3. The van der Waals surface area contributed by atoms with Crippen LogP contribution >= 0.6 is 23.2 Å². The lowest BCUT2D eigenvalue weighted by atomic mass is 9.94. The van der Waals surface area contributed by atoms with Gasteiger partial charge in [0.15, 0.2) is 0 Å². The second kappa shape index (κ2) is 15.1. The molecule has 4 rings (SSSR count). The summed E-state index contributed by atoms with van der Waals surface area (Å²) in [5.41, 5.74) is 2.90. The summed E-state index contributed by atoms with van der Waals surface area (Å²) in [4.78, 5) is 29.8. The van der Waals surface area contributed by atoms with Gasteiger partial charge in [-0.25, -0.2) is 8.42 Å². The quantitative estimate of drug-likeness (QED) is 0.247. The van der Waals surface area contributed by atoms with Gasteiger partial charge in [-0.1, -0.05) is 97.9 Å². The van der Waals surface area contributed by atoms with Gasteiger partial charge >= 0.3 is 0 Å². The van der Waals surface area contributed by atoms with Crippen molar-refractivity contribution >= 4 is 50.7 Å². The van der Waals surface area contributed by atoms with Crippen LogP contribution in [0.5, 0.6) is 0 Å². The number of sulfonamides is 1. The summed E-state index contributed by atoms with van der Waals surface area (Å²) in [6.45, 7) is 1.53. The Kier molecular flexibility index (Phi) is 11.5. The summed E-state index contributed by atoms with van der Waals surface area (Å²) >= 11 is 12.7. The summed E-state index contributed by atoms with van der Waals surface area (Å²) in [5, 5.41) is 3.99. The molecule has 3 aromatic rings. The van der Waals surface area contributed by atoms with Crippen molar-refractivity contribution in [1.82, 2.24) is 10.2 Å². The third-order valence-corrected chi connectivity index (χ3v) is 9.62. The van der Waals surface area contributed by atoms with Crippen molar-refractivity contribution < 1.29 is 18.0 Å². The van der Waals surface area contributed by atoms with Gasteiger partial charge in [0.25, 0.3) is 0 Å². The Morgan fingerprint density at radius 1 is 0.930 bits per heavy atom. The number of amides is 2. The molecule has 3 aromatic carbocycles. The molecular formula is C33H39Cl2N3O4S. The normalized spacial score (nSPS) is 14.6. The summed E-state index contributed by atoms with van der Waals surface area (Å²) in [6.07, 6.45) is 7.11. The summed E-state index contributed by atoms with van der Waals surface area (Å²) in [7, 11) is -3.84. The smallest absolute Gasteiger partial charge is 0.244 e. The molecule has 1 unspecified atom stereocenters. The van der Waals surface area contributed by atoms with Crippen LogP contribution in [-0.2, 0) is 39.0 Å². The number of hydrogen-bond acceptors (Lipinski definition) is 4. The van der Waals surface area contributed by atoms with Crippen molar-refractivity contribution in [2.75, 3.05) is 17.1 Å². The number of carbonyl (C=O) groups excluding carboxylic acids is 2. The number of rotatable bonds is 12. The Balaban J connectivity index is 1.73. The molecule has 230 valence electrons. The summed E-state index contributed by atoms with van der Waals surface area (Å²) in [5.74, 6) is -0.789. The number of halogens is 2. The highest BCUT2D eigenvalue weighted by atomic mass is 35.5. The lowest BCUT2D eigenvalue weighted by Gasteiger charge is -2.35. The van der Waals surface area contributed by atoms with E-state index in [-0.39, 0.29) is 24.9 Å². The van der Waals surface area contributed by atoms with Gasteiger partial charge in [-0.2, -0.15) is 0 Å². The molecule has 0 heterocycles. The second-order valence-electron chi connectivity index (χ2n) is 11.1. The first kappa shape index (κ1) is 32.8. The molecule has 1 saturated carbocycles. The number of hydrogen-bond donors (Lipinski definition) is 1. The van der Waals surface area contributed by atoms with Gasteiger partial charge in [0.05, 0.1) is 11.9 Å². The molecule has 43 heavy (non-hydrogen) atoms. The number of aryl methyl sites for hydroxylation is 1. The van der Waals surface area contributed by atoms with Crippen LogP contribution in [0.1, 0.15) is 55.7 Å². The lowest BCUT2D eigenvalue weighted by Crippen LogP contribution is -2.55. The largest absolute Gasteiger partial charge is 0.352 e. The number of benzene rings is 3. The molecule has 1 N–H and O–H groups in total. The summed E-state index contributed by atoms with van der Waals surface area (Å²) < 4.78 is 27.1. The number of nitrogens with one attached hydrogen (secondary N) is 1. The van der Waals surface area contributed by atoms with Gasteiger partial charge in [-0.05, 0) is 60.2 Å². The molecule has 1 aliphatic rings. The van der Waals surface area contributed by atoms with E-state index in [1.165, 1.54) is 4.90 Å². The van der Waals surface area contributed by atoms with Gasteiger partial charge in [-0.15, -0.1) is 0 Å². The molecule has 1 aliphatic carbocycles. The van der Waals surface area contributed by atoms with Crippen LogP contribution in [0.2, 0.25) is 10.0 Å². The van der Waals surface area contributed by atoms with Gasteiger partial charge in [-0.3, -0.25) is 13.9 Å². The highest BCUT2D eigenvalue weighted by Gasteiger charge is 2.34. The van der Waals surface area contributed by atoms with Crippen LogP contribution in [-0.4, -0.2) is 50.0 Å². The lowest BCUT2D eigenvalue weighted by molar-refractivity contribution is -0.140. The van der Waals surface area contributed by atoms with E-state index in [0.717, 1.165) is 60.2 Å². The standard InChI is InChI=1S/C33H39Cl2N3O4S/c1-3-24-14-18-29(19-15-24)38(43(2,41)42)23-32(39)37(22-26-16-17-27(34)21-30(26)35)31(20-25-10-6-4-7-11-25)33(40)36-28-12-8-5-9-13-28/h4,6-7,10-11,14-19,21,28,31H,3,5,8-9,12-13,20,22-23H2,1-2H3,(H,36,40). The van der Waals surface area contributed by atoms with E-state index in [0.29, 0.717) is 21.3 Å². The van der Waals surface area contributed by atoms with E-state index in [1.54, 1.807) is 30.3 Å². The minimum Gasteiger partial charge on any atom is -0.352 e. The van der Waals surface area contributed by atoms with Crippen LogP contribution in [0.3, 0.4) is 0 Å². The Morgan fingerprint density at radius 3 is 2.21 bits per heavy atom. The SMILES string of the molecule is CCc1ccc(N(CC(=O)N(Cc2ccc(Cl)cc2Cl)C(Cc2ccccc2)C(=O)NC2CCCCC2)S(C)(=O)=O)cc1. The van der Waals surface area contributed by atoms with Gasteiger partial charge in [0.1, 0.15) is 12.6 Å². The first-order chi connectivity index (χ1) is 20.5. The zero-order valence-electron chi connectivity index (χ0n) is 24.6. The van der Waals surface area contributed by atoms with Crippen LogP contribution in [0.15, 0.2) is 72.8 Å². The zero-order chi connectivity index (χ0) is 31.0. The fourth-order valence-electron chi connectivity index (χ4n) is 5.44. The maximum Gasteiger partial charge on any atom is 0.244 e. The molecule has 7 nitrogen and oxygen atoms in total. The van der Waals surface area contributed by atoms with E-state index < -0.39 is 28.5 Å². The van der Waals surface area contributed by atoms with Crippen molar-refractivity contribution in [2.45, 2.75) is 70.5 Å².